The molecule has 0 radical (unpaired) electrons. The molecule has 1 saturated heterocycles. The van der Waals surface area contributed by atoms with Crippen molar-refractivity contribution < 1.29 is 14.3 Å². The van der Waals surface area contributed by atoms with E-state index in [1.165, 1.54) is 0 Å². The van der Waals surface area contributed by atoms with E-state index < -0.39 is 0 Å². The van der Waals surface area contributed by atoms with Gasteiger partial charge in [-0.3, -0.25) is 9.59 Å². The maximum atomic E-state index is 12.1. The van der Waals surface area contributed by atoms with Crippen LogP contribution in [0.4, 0.5) is 0 Å². The Morgan fingerprint density at radius 3 is 2.69 bits per heavy atom. The largest absolute Gasteiger partial charge is 0.393 e. The second-order valence-electron chi connectivity index (χ2n) is 5.39. The molecule has 0 amide bonds. The molecule has 1 aliphatic heterocycles. The first-order valence-corrected chi connectivity index (χ1v) is 6.09. The Balaban J connectivity index is 2.10. The molecule has 1 saturated carbocycles. The van der Waals surface area contributed by atoms with Crippen LogP contribution in [0.1, 0.15) is 44.9 Å². The number of hydrogen-bond acceptors (Lipinski definition) is 3. The van der Waals surface area contributed by atoms with Crippen LogP contribution in [0.2, 0.25) is 0 Å². The third-order valence-corrected chi connectivity index (χ3v) is 4.75. The van der Waals surface area contributed by atoms with Crippen LogP contribution in [0.5, 0.6) is 0 Å². The van der Waals surface area contributed by atoms with Crippen molar-refractivity contribution in [2.24, 2.45) is 10.8 Å². The van der Waals surface area contributed by atoms with Gasteiger partial charge < -0.3 is 4.74 Å². The van der Waals surface area contributed by atoms with Crippen molar-refractivity contribution in [3.63, 3.8) is 0 Å². The molecule has 2 fully saturated rings. The second-order valence-corrected chi connectivity index (χ2v) is 5.39. The molecule has 1 heterocycles. The number of carbonyl (C=O) groups is 2. The fourth-order valence-electron chi connectivity index (χ4n) is 3.85. The summed E-state index contributed by atoms with van der Waals surface area (Å²) in [5, 5.41) is 0. The fraction of sp³-hybridized carbons (Fsp3) is 0.692. The van der Waals surface area contributed by atoms with Crippen LogP contribution in [-0.4, -0.2) is 11.9 Å². The molecule has 3 aliphatic rings. The molecule has 0 aromatic rings. The number of ether oxygens (including phenoxy) is 1. The Bertz CT molecular complexity index is 385. The number of rotatable bonds is 0. The Morgan fingerprint density at radius 1 is 1.06 bits per heavy atom. The summed E-state index contributed by atoms with van der Waals surface area (Å²) in [7, 11) is 0. The van der Waals surface area contributed by atoms with Crippen molar-refractivity contribution in [3.8, 4) is 0 Å². The first kappa shape index (κ1) is 10.1. The molecule has 0 N–H and O–H groups in total. The lowest BCUT2D eigenvalue weighted by Crippen LogP contribution is -2.56. The minimum Gasteiger partial charge on any atom is -0.393 e. The predicted octanol–water partition coefficient (Wildman–Crippen LogP) is 2.36. The van der Waals surface area contributed by atoms with Crippen molar-refractivity contribution in [1.82, 2.24) is 0 Å². The summed E-state index contributed by atoms with van der Waals surface area (Å²) in [5.74, 6) is -0.578. The third-order valence-electron chi connectivity index (χ3n) is 4.75. The standard InChI is InChI=1S/C13H16O3/c14-10-9-12-5-1-3-7-13(12,11(15)16-10)8-4-2-6-12/h1,3H,2,4-9H2/t12-,13-/m0/s1. The smallest absolute Gasteiger partial charge is 0.320 e. The van der Waals surface area contributed by atoms with Crippen molar-refractivity contribution in [3.05, 3.63) is 12.2 Å². The van der Waals surface area contributed by atoms with E-state index in [1.54, 1.807) is 0 Å². The number of cyclic esters (lactones) is 2. The van der Waals surface area contributed by atoms with Gasteiger partial charge in [-0.25, -0.2) is 0 Å². The molecule has 3 rings (SSSR count). The van der Waals surface area contributed by atoms with Gasteiger partial charge in [-0.05, 0) is 25.7 Å². The molecule has 2 aliphatic carbocycles. The zero-order valence-electron chi connectivity index (χ0n) is 9.33. The zero-order chi connectivity index (χ0) is 11.2. The van der Waals surface area contributed by atoms with Crippen molar-refractivity contribution in [2.45, 2.75) is 44.9 Å². The van der Waals surface area contributed by atoms with Gasteiger partial charge in [-0.2, -0.15) is 0 Å². The Kier molecular flexibility index (Phi) is 2.00. The van der Waals surface area contributed by atoms with Crippen molar-refractivity contribution in [2.75, 3.05) is 0 Å². The highest BCUT2D eigenvalue weighted by molar-refractivity contribution is 5.93. The summed E-state index contributed by atoms with van der Waals surface area (Å²) in [6, 6.07) is 0. The molecule has 86 valence electrons. The molecular formula is C13H16O3. The normalized spacial score (nSPS) is 42.2. The van der Waals surface area contributed by atoms with E-state index in [-0.39, 0.29) is 22.8 Å². The molecule has 0 aromatic heterocycles. The van der Waals surface area contributed by atoms with Crippen LogP contribution >= 0.6 is 0 Å². The average Bonchev–Trinajstić information content (AvgIpc) is 2.27. The molecule has 3 heteroatoms. The molecule has 0 spiro atoms. The first-order valence-electron chi connectivity index (χ1n) is 6.09. The molecule has 0 bridgehead atoms. The average molecular weight is 220 g/mol. The second kappa shape index (κ2) is 3.19. The number of carbonyl (C=O) groups excluding carboxylic acids is 2. The predicted molar refractivity (Wildman–Crippen MR) is 57.4 cm³/mol. The van der Waals surface area contributed by atoms with Gasteiger partial charge in [0.05, 0.1) is 11.8 Å². The van der Waals surface area contributed by atoms with Gasteiger partial charge in [0.15, 0.2) is 0 Å². The topological polar surface area (TPSA) is 43.4 Å². The van der Waals surface area contributed by atoms with E-state index in [0.717, 1.165) is 38.5 Å². The maximum Gasteiger partial charge on any atom is 0.320 e. The van der Waals surface area contributed by atoms with E-state index >= 15 is 0 Å². The van der Waals surface area contributed by atoms with Gasteiger partial charge in [0.2, 0.25) is 0 Å². The van der Waals surface area contributed by atoms with E-state index in [2.05, 4.69) is 12.2 Å². The highest BCUT2D eigenvalue weighted by Gasteiger charge is 2.61. The van der Waals surface area contributed by atoms with Crippen LogP contribution in [0.3, 0.4) is 0 Å². The lowest BCUT2D eigenvalue weighted by Gasteiger charge is -2.54. The summed E-state index contributed by atoms with van der Waals surface area (Å²) in [5.41, 5.74) is -0.500. The Hall–Kier alpha value is -1.12. The van der Waals surface area contributed by atoms with Gasteiger partial charge in [0.1, 0.15) is 0 Å². The van der Waals surface area contributed by atoms with Gasteiger partial charge in [-0.15, -0.1) is 0 Å². The Morgan fingerprint density at radius 2 is 1.81 bits per heavy atom. The van der Waals surface area contributed by atoms with E-state index in [9.17, 15) is 9.59 Å². The molecule has 0 aromatic carbocycles. The first-order chi connectivity index (χ1) is 7.69. The molecule has 16 heavy (non-hydrogen) atoms. The van der Waals surface area contributed by atoms with Crippen LogP contribution in [0.15, 0.2) is 12.2 Å². The highest BCUT2D eigenvalue weighted by atomic mass is 16.6. The lowest BCUT2D eigenvalue weighted by atomic mass is 9.49. The summed E-state index contributed by atoms with van der Waals surface area (Å²) in [6.07, 6.45) is 10.4. The van der Waals surface area contributed by atoms with Crippen molar-refractivity contribution in [1.29, 1.82) is 0 Å². The summed E-state index contributed by atoms with van der Waals surface area (Å²) in [4.78, 5) is 23.6. The summed E-state index contributed by atoms with van der Waals surface area (Å²) in [6.45, 7) is 0. The molecule has 3 nitrogen and oxygen atoms in total. The van der Waals surface area contributed by atoms with E-state index in [1.807, 2.05) is 0 Å². The lowest BCUT2D eigenvalue weighted by molar-refractivity contribution is -0.193. The molecule has 2 atom stereocenters. The minimum atomic E-state index is -0.381. The van der Waals surface area contributed by atoms with Gasteiger partial charge in [-0.1, -0.05) is 25.0 Å². The highest BCUT2D eigenvalue weighted by Crippen LogP contribution is 2.61. The van der Waals surface area contributed by atoms with Gasteiger partial charge in [0, 0.05) is 5.41 Å². The van der Waals surface area contributed by atoms with E-state index in [0.29, 0.717) is 6.42 Å². The Labute approximate surface area is 94.8 Å². The van der Waals surface area contributed by atoms with Crippen LogP contribution < -0.4 is 0 Å². The number of hydrogen-bond donors (Lipinski definition) is 0. The SMILES string of the molecule is O=C1C[C@@]23CC=CC[C@]2(CCCC3)C(=O)O1. The summed E-state index contributed by atoms with van der Waals surface area (Å²) >= 11 is 0. The van der Waals surface area contributed by atoms with Gasteiger partial charge >= 0.3 is 11.9 Å². The maximum absolute atomic E-state index is 12.1. The van der Waals surface area contributed by atoms with Crippen LogP contribution in [-0.2, 0) is 14.3 Å². The van der Waals surface area contributed by atoms with Gasteiger partial charge in [0.25, 0.3) is 0 Å². The molecular weight excluding hydrogens is 204 g/mol. The minimum absolute atomic E-state index is 0.119. The third kappa shape index (κ3) is 1.09. The fourth-order valence-corrected chi connectivity index (χ4v) is 3.85. The van der Waals surface area contributed by atoms with Crippen molar-refractivity contribution >= 4 is 11.9 Å². The van der Waals surface area contributed by atoms with E-state index in [4.69, 9.17) is 4.74 Å². The van der Waals surface area contributed by atoms with Crippen LogP contribution in [0, 0.1) is 10.8 Å². The zero-order valence-corrected chi connectivity index (χ0v) is 9.33. The molecule has 0 unspecified atom stereocenters. The number of allylic oxidation sites excluding steroid dienone is 2. The quantitative estimate of drug-likeness (QED) is 0.357. The number of esters is 2. The summed E-state index contributed by atoms with van der Waals surface area (Å²) < 4.78 is 4.90. The monoisotopic (exact) mass is 220 g/mol. The van der Waals surface area contributed by atoms with Crippen LogP contribution in [0.25, 0.3) is 0 Å².